The van der Waals surface area contributed by atoms with Crippen LogP contribution in [0.25, 0.3) is 11.3 Å². The van der Waals surface area contributed by atoms with Gasteiger partial charge in [0.1, 0.15) is 6.07 Å². The van der Waals surface area contributed by atoms with E-state index < -0.39 is 0 Å². The fraction of sp³-hybridized carbons (Fsp3) is 0.0667. The van der Waals surface area contributed by atoms with Gasteiger partial charge in [0.15, 0.2) is 0 Å². The van der Waals surface area contributed by atoms with E-state index in [0.717, 1.165) is 21.2 Å². The molecule has 1 aromatic heterocycles. The van der Waals surface area contributed by atoms with Gasteiger partial charge >= 0.3 is 0 Å². The Hall–Kier alpha value is -2.12. The van der Waals surface area contributed by atoms with Crippen molar-refractivity contribution in [2.75, 3.05) is 0 Å². The van der Waals surface area contributed by atoms with Gasteiger partial charge in [0.05, 0.1) is 11.3 Å². The molecule has 0 bridgehead atoms. The number of hydrogen-bond donors (Lipinski definition) is 1. The van der Waals surface area contributed by atoms with Gasteiger partial charge in [-0.1, -0.05) is 15.9 Å². The highest BCUT2D eigenvalue weighted by Gasteiger charge is 2.09. The third-order valence-electron chi connectivity index (χ3n) is 2.70. The first-order valence-corrected chi connectivity index (χ1v) is 6.49. The van der Waals surface area contributed by atoms with Crippen molar-refractivity contribution < 1.29 is 0 Å². The number of halogens is 1. The summed E-state index contributed by atoms with van der Waals surface area (Å²) in [5.74, 6) is 0. The van der Waals surface area contributed by atoms with Crippen LogP contribution in [0, 0.1) is 18.3 Å². The van der Waals surface area contributed by atoms with Crippen molar-refractivity contribution >= 4 is 27.2 Å². The molecule has 0 saturated heterocycles. The van der Waals surface area contributed by atoms with Crippen molar-refractivity contribution in [2.24, 2.45) is 5.73 Å². The average molecular weight is 314 g/mol. The van der Waals surface area contributed by atoms with E-state index in [4.69, 9.17) is 5.73 Å². The van der Waals surface area contributed by atoms with Crippen LogP contribution in [0.5, 0.6) is 0 Å². The van der Waals surface area contributed by atoms with Crippen molar-refractivity contribution in [3.63, 3.8) is 0 Å². The Labute approximate surface area is 120 Å². The molecule has 3 nitrogen and oxygen atoms in total. The maximum absolute atomic E-state index is 9.33. The van der Waals surface area contributed by atoms with Crippen molar-refractivity contribution in [1.29, 1.82) is 5.26 Å². The van der Waals surface area contributed by atoms with Gasteiger partial charge in [0.2, 0.25) is 0 Å². The molecular formula is C15H12BrN3. The minimum atomic E-state index is 0.458. The molecule has 19 heavy (non-hydrogen) atoms. The van der Waals surface area contributed by atoms with Gasteiger partial charge in [-0.15, -0.1) is 0 Å². The lowest BCUT2D eigenvalue weighted by Crippen LogP contribution is -2.01. The van der Waals surface area contributed by atoms with E-state index in [0.29, 0.717) is 11.3 Å². The Morgan fingerprint density at radius 3 is 2.47 bits per heavy atom. The number of nitrogens with zero attached hydrogens (tertiary/aromatic N) is 2. The van der Waals surface area contributed by atoms with Gasteiger partial charge in [-0.3, -0.25) is 4.98 Å². The van der Waals surface area contributed by atoms with Crippen molar-refractivity contribution in [3.05, 3.63) is 63.9 Å². The third-order valence-corrected chi connectivity index (χ3v) is 3.16. The molecule has 0 radical (unpaired) electrons. The van der Waals surface area contributed by atoms with E-state index >= 15 is 0 Å². The highest BCUT2D eigenvalue weighted by atomic mass is 79.9. The van der Waals surface area contributed by atoms with Gasteiger partial charge in [-0.2, -0.15) is 5.26 Å². The normalized spacial score (nSPS) is 11.6. The van der Waals surface area contributed by atoms with Gasteiger partial charge in [-0.05, 0) is 48.4 Å². The lowest BCUT2D eigenvalue weighted by Gasteiger charge is -2.08. The van der Waals surface area contributed by atoms with E-state index in [-0.39, 0.29) is 0 Å². The van der Waals surface area contributed by atoms with Crippen molar-refractivity contribution in [3.8, 4) is 6.07 Å². The highest BCUT2D eigenvalue weighted by molar-refractivity contribution is 9.10. The first-order valence-electron chi connectivity index (χ1n) is 5.69. The van der Waals surface area contributed by atoms with E-state index in [2.05, 4.69) is 27.0 Å². The number of rotatable bonds is 2. The van der Waals surface area contributed by atoms with Crippen LogP contribution in [-0.2, 0) is 0 Å². The first kappa shape index (κ1) is 13.3. The number of aromatic nitrogens is 1. The number of allylic oxidation sites excluding steroid dienone is 1. The minimum absolute atomic E-state index is 0.458. The molecule has 2 N–H and O–H groups in total. The molecule has 0 saturated carbocycles. The highest BCUT2D eigenvalue weighted by Crippen LogP contribution is 2.25. The molecule has 4 heteroatoms. The summed E-state index contributed by atoms with van der Waals surface area (Å²) in [5, 5.41) is 9.33. The Bertz CT molecular complexity index is 649. The van der Waals surface area contributed by atoms with E-state index in [1.165, 1.54) is 0 Å². The fourth-order valence-electron chi connectivity index (χ4n) is 1.84. The van der Waals surface area contributed by atoms with Crippen molar-refractivity contribution in [2.45, 2.75) is 6.92 Å². The standard InChI is InChI=1S/C15H12BrN3/c1-10-6-12(8-13(16)7-10)15(18)14(9-17)11-2-4-19-5-3-11/h2-8H,18H2,1H3/b15-14+. The molecule has 94 valence electrons. The molecule has 0 aliphatic carbocycles. The Morgan fingerprint density at radius 1 is 1.21 bits per heavy atom. The topological polar surface area (TPSA) is 62.7 Å². The van der Waals surface area contributed by atoms with E-state index in [9.17, 15) is 5.26 Å². The number of aryl methyl sites for hydroxylation is 1. The summed E-state index contributed by atoms with van der Waals surface area (Å²) in [4.78, 5) is 3.94. The van der Waals surface area contributed by atoms with Crippen LogP contribution in [0.4, 0.5) is 0 Å². The second-order valence-electron chi connectivity index (χ2n) is 4.15. The molecular weight excluding hydrogens is 302 g/mol. The number of hydrogen-bond acceptors (Lipinski definition) is 3. The summed E-state index contributed by atoms with van der Waals surface area (Å²) in [6.45, 7) is 1.99. The molecule has 0 atom stereocenters. The van der Waals surface area contributed by atoms with Gasteiger partial charge in [0, 0.05) is 22.4 Å². The summed E-state index contributed by atoms with van der Waals surface area (Å²) in [6, 6.07) is 11.6. The molecule has 0 unspecified atom stereocenters. The summed E-state index contributed by atoms with van der Waals surface area (Å²) in [7, 11) is 0. The van der Waals surface area contributed by atoms with Gasteiger partial charge < -0.3 is 5.73 Å². The quantitative estimate of drug-likeness (QED) is 0.863. The number of nitrogens with two attached hydrogens (primary N) is 1. The van der Waals surface area contributed by atoms with Crippen LogP contribution in [0.15, 0.2) is 47.2 Å². The maximum Gasteiger partial charge on any atom is 0.102 e. The monoisotopic (exact) mass is 313 g/mol. The zero-order valence-electron chi connectivity index (χ0n) is 10.4. The van der Waals surface area contributed by atoms with E-state index in [1.807, 2.05) is 25.1 Å². The average Bonchev–Trinajstić information content (AvgIpc) is 2.39. The molecule has 0 amide bonds. The third kappa shape index (κ3) is 3.01. The van der Waals surface area contributed by atoms with Gasteiger partial charge in [-0.25, -0.2) is 0 Å². The Balaban J connectivity index is 2.59. The first-order chi connectivity index (χ1) is 9.11. The minimum Gasteiger partial charge on any atom is -0.397 e. The lowest BCUT2D eigenvalue weighted by molar-refractivity contribution is 1.31. The number of benzene rings is 1. The van der Waals surface area contributed by atoms with Crippen molar-refractivity contribution in [1.82, 2.24) is 4.98 Å². The number of pyridine rings is 1. The van der Waals surface area contributed by atoms with Gasteiger partial charge in [0.25, 0.3) is 0 Å². The second kappa shape index (κ2) is 5.68. The number of nitriles is 1. The van der Waals surface area contributed by atoms with Crippen LogP contribution in [0.2, 0.25) is 0 Å². The van der Waals surface area contributed by atoms with Crippen LogP contribution >= 0.6 is 15.9 Å². The summed E-state index contributed by atoms with van der Waals surface area (Å²) in [5.41, 5.74) is 9.75. The maximum atomic E-state index is 9.33. The predicted molar refractivity (Wildman–Crippen MR) is 79.7 cm³/mol. The van der Waals surface area contributed by atoms with E-state index in [1.54, 1.807) is 24.5 Å². The van der Waals surface area contributed by atoms with Crippen LogP contribution in [0.3, 0.4) is 0 Å². The molecule has 0 fully saturated rings. The predicted octanol–water partition coefficient (Wildman–Crippen LogP) is 3.50. The molecule has 1 heterocycles. The second-order valence-corrected chi connectivity index (χ2v) is 5.07. The van der Waals surface area contributed by atoms with Crippen LogP contribution < -0.4 is 5.73 Å². The molecule has 0 aliphatic rings. The molecule has 0 aliphatic heterocycles. The zero-order chi connectivity index (χ0) is 13.8. The molecule has 1 aromatic carbocycles. The Kier molecular flexibility index (Phi) is 3.98. The fourth-order valence-corrected chi connectivity index (χ4v) is 2.44. The molecule has 2 aromatic rings. The lowest BCUT2D eigenvalue weighted by atomic mass is 10.0. The summed E-state index contributed by atoms with van der Waals surface area (Å²) < 4.78 is 0.942. The molecule has 2 rings (SSSR count). The zero-order valence-corrected chi connectivity index (χ0v) is 12.0. The summed E-state index contributed by atoms with van der Waals surface area (Å²) >= 11 is 3.44. The van der Waals surface area contributed by atoms with Crippen LogP contribution in [-0.4, -0.2) is 4.98 Å². The SMILES string of the molecule is Cc1cc(Br)cc(/C(N)=C(/C#N)c2ccncc2)c1. The molecule has 0 spiro atoms. The van der Waals surface area contributed by atoms with Crippen LogP contribution in [0.1, 0.15) is 16.7 Å². The summed E-state index contributed by atoms with van der Waals surface area (Å²) in [6.07, 6.45) is 3.29. The largest absolute Gasteiger partial charge is 0.397 e. The Morgan fingerprint density at radius 2 is 1.89 bits per heavy atom. The smallest absolute Gasteiger partial charge is 0.102 e.